The quantitative estimate of drug-likeness (QED) is 0.613. The summed E-state index contributed by atoms with van der Waals surface area (Å²) < 4.78 is 0. The molecule has 0 unspecified atom stereocenters. The Morgan fingerprint density at radius 1 is 0.938 bits per heavy atom. The van der Waals surface area contributed by atoms with Crippen molar-refractivity contribution in [3.63, 3.8) is 0 Å². The summed E-state index contributed by atoms with van der Waals surface area (Å²) >= 11 is 0. The van der Waals surface area contributed by atoms with Crippen LogP contribution >= 0.6 is 0 Å². The summed E-state index contributed by atoms with van der Waals surface area (Å²) in [7, 11) is 0. The van der Waals surface area contributed by atoms with Crippen LogP contribution in [0.4, 0.5) is 0 Å². The molecule has 0 aromatic heterocycles. The summed E-state index contributed by atoms with van der Waals surface area (Å²) in [6.45, 7) is 0. The Hall–Kier alpha value is -1.80. The van der Waals surface area contributed by atoms with Gasteiger partial charge in [-0.3, -0.25) is 0 Å². The summed E-state index contributed by atoms with van der Waals surface area (Å²) in [5, 5.41) is 17.9. The highest BCUT2D eigenvalue weighted by Gasteiger charge is 2.03. The van der Waals surface area contributed by atoms with Gasteiger partial charge in [-0.25, -0.2) is 0 Å². The second-order valence-corrected chi connectivity index (χ2v) is 3.86. The minimum Gasteiger partial charge on any atom is -0.193 e. The van der Waals surface area contributed by atoms with E-state index in [2.05, 4.69) is 18.2 Å². The molecule has 1 rings (SSSR count). The molecule has 0 N–H and O–H groups in total. The number of hydrogen-bond donors (Lipinski definition) is 0. The first-order valence-electron chi connectivity index (χ1n) is 5.75. The van der Waals surface area contributed by atoms with Gasteiger partial charge >= 0.3 is 0 Å². The zero-order valence-corrected chi connectivity index (χ0v) is 9.45. The summed E-state index contributed by atoms with van der Waals surface area (Å²) in [6.07, 6.45) is 14.0. The standard InChI is InChI=1S/C14H16N2/c15-11-13-9-7-5-3-1-2-4-6-8-10-14(13)12-16/h3,5,7,9H,1-2,4,6,8,10H2. The fourth-order valence-electron chi connectivity index (χ4n) is 1.70. The van der Waals surface area contributed by atoms with Crippen LogP contribution in [0.1, 0.15) is 38.5 Å². The predicted molar refractivity (Wildman–Crippen MR) is 64.2 cm³/mol. The second-order valence-electron chi connectivity index (χ2n) is 3.86. The molecule has 16 heavy (non-hydrogen) atoms. The first-order valence-corrected chi connectivity index (χ1v) is 5.75. The molecular weight excluding hydrogens is 196 g/mol. The summed E-state index contributed by atoms with van der Waals surface area (Å²) in [5.41, 5.74) is 1.13. The number of hydrogen-bond acceptors (Lipinski definition) is 2. The van der Waals surface area contributed by atoms with Crippen molar-refractivity contribution in [2.75, 3.05) is 0 Å². The van der Waals surface area contributed by atoms with Gasteiger partial charge in [-0.15, -0.1) is 0 Å². The van der Waals surface area contributed by atoms with Crippen LogP contribution in [0.15, 0.2) is 35.5 Å². The van der Waals surface area contributed by atoms with Crippen molar-refractivity contribution in [1.29, 1.82) is 10.5 Å². The van der Waals surface area contributed by atoms with Crippen LogP contribution in [-0.2, 0) is 0 Å². The van der Waals surface area contributed by atoms with Crippen LogP contribution in [-0.4, -0.2) is 0 Å². The van der Waals surface area contributed by atoms with Crippen molar-refractivity contribution in [2.45, 2.75) is 38.5 Å². The Balaban J connectivity index is 2.87. The van der Waals surface area contributed by atoms with Crippen molar-refractivity contribution in [3.8, 4) is 12.1 Å². The highest BCUT2D eigenvalue weighted by Crippen LogP contribution is 2.15. The average Bonchev–Trinajstić information content (AvgIpc) is 2.30. The third-order valence-electron chi connectivity index (χ3n) is 2.64. The third-order valence-corrected chi connectivity index (χ3v) is 2.64. The van der Waals surface area contributed by atoms with Gasteiger partial charge in [-0.2, -0.15) is 10.5 Å². The van der Waals surface area contributed by atoms with Gasteiger partial charge in [0.25, 0.3) is 0 Å². The fourth-order valence-corrected chi connectivity index (χ4v) is 1.70. The van der Waals surface area contributed by atoms with Crippen molar-refractivity contribution in [2.24, 2.45) is 0 Å². The van der Waals surface area contributed by atoms with E-state index in [0.29, 0.717) is 11.1 Å². The van der Waals surface area contributed by atoms with Crippen LogP contribution in [0.2, 0.25) is 0 Å². The van der Waals surface area contributed by atoms with Gasteiger partial charge < -0.3 is 0 Å². The van der Waals surface area contributed by atoms with E-state index in [0.717, 1.165) is 25.7 Å². The molecule has 0 saturated carbocycles. The summed E-state index contributed by atoms with van der Waals surface area (Å²) in [5.74, 6) is 0. The lowest BCUT2D eigenvalue weighted by Crippen LogP contribution is -1.88. The van der Waals surface area contributed by atoms with Crippen LogP contribution < -0.4 is 0 Å². The largest absolute Gasteiger partial charge is 0.193 e. The molecule has 0 spiro atoms. The maximum atomic E-state index is 8.99. The van der Waals surface area contributed by atoms with E-state index in [1.165, 1.54) is 12.8 Å². The van der Waals surface area contributed by atoms with E-state index >= 15 is 0 Å². The lowest BCUT2D eigenvalue weighted by Gasteiger charge is -2.01. The predicted octanol–water partition coefficient (Wildman–Crippen LogP) is 3.80. The van der Waals surface area contributed by atoms with Crippen molar-refractivity contribution >= 4 is 0 Å². The zero-order valence-electron chi connectivity index (χ0n) is 9.45. The molecule has 0 fully saturated rings. The molecule has 0 saturated heterocycles. The first kappa shape index (κ1) is 12.3. The van der Waals surface area contributed by atoms with Gasteiger partial charge in [-0.1, -0.05) is 31.1 Å². The minimum atomic E-state index is 0.507. The minimum absolute atomic E-state index is 0.507. The van der Waals surface area contributed by atoms with E-state index in [1.54, 1.807) is 6.08 Å². The van der Waals surface area contributed by atoms with E-state index in [-0.39, 0.29) is 0 Å². The lowest BCUT2D eigenvalue weighted by molar-refractivity contribution is 0.647. The van der Waals surface area contributed by atoms with Crippen molar-refractivity contribution < 1.29 is 0 Å². The number of nitrogens with zero attached hydrogens (tertiary/aromatic N) is 2. The van der Waals surface area contributed by atoms with Gasteiger partial charge in [-0.05, 0) is 31.8 Å². The number of rotatable bonds is 0. The van der Waals surface area contributed by atoms with Crippen molar-refractivity contribution in [3.05, 3.63) is 35.5 Å². The monoisotopic (exact) mass is 212 g/mol. The second kappa shape index (κ2) is 7.49. The SMILES string of the molecule is N#CC1=C(C#N)CCCCCCC=CC=C1. The molecule has 82 valence electrons. The smallest absolute Gasteiger partial charge is 0.100 e. The number of nitriles is 2. The maximum Gasteiger partial charge on any atom is 0.100 e. The molecule has 0 aromatic rings. The molecular formula is C14H16N2. The normalized spacial score (nSPS) is 18.1. The molecule has 0 aliphatic heterocycles. The Labute approximate surface area is 97.2 Å². The van der Waals surface area contributed by atoms with E-state index < -0.39 is 0 Å². The van der Waals surface area contributed by atoms with E-state index in [4.69, 9.17) is 10.5 Å². The summed E-state index contributed by atoms with van der Waals surface area (Å²) in [6, 6.07) is 4.23. The van der Waals surface area contributed by atoms with Gasteiger partial charge in [0, 0.05) is 5.57 Å². The van der Waals surface area contributed by atoms with E-state index in [9.17, 15) is 0 Å². The third kappa shape index (κ3) is 4.15. The highest BCUT2D eigenvalue weighted by atomic mass is 14.3. The van der Waals surface area contributed by atoms with E-state index in [1.807, 2.05) is 12.2 Å². The van der Waals surface area contributed by atoms with Crippen molar-refractivity contribution in [1.82, 2.24) is 0 Å². The van der Waals surface area contributed by atoms with Gasteiger partial charge in [0.05, 0.1) is 11.6 Å². The van der Waals surface area contributed by atoms with Gasteiger partial charge in [0.15, 0.2) is 0 Å². The molecule has 0 amide bonds. The zero-order chi connectivity index (χ0) is 11.6. The number of allylic oxidation sites excluding steroid dienone is 6. The summed E-state index contributed by atoms with van der Waals surface area (Å²) in [4.78, 5) is 0. The Morgan fingerprint density at radius 3 is 2.50 bits per heavy atom. The average molecular weight is 212 g/mol. The molecule has 0 heterocycles. The van der Waals surface area contributed by atoms with Crippen LogP contribution in [0.3, 0.4) is 0 Å². The Bertz CT molecular complexity index is 386. The molecule has 1 aliphatic rings. The maximum absolute atomic E-state index is 8.99. The molecule has 0 aromatic carbocycles. The first-order chi connectivity index (χ1) is 7.88. The molecule has 1 aliphatic carbocycles. The lowest BCUT2D eigenvalue weighted by atomic mass is 10.0. The highest BCUT2D eigenvalue weighted by molar-refractivity contribution is 5.44. The van der Waals surface area contributed by atoms with Crippen LogP contribution in [0.25, 0.3) is 0 Å². The molecule has 0 atom stereocenters. The molecule has 2 heteroatoms. The van der Waals surface area contributed by atoms with Crippen LogP contribution in [0.5, 0.6) is 0 Å². The topological polar surface area (TPSA) is 47.6 Å². The van der Waals surface area contributed by atoms with Crippen LogP contribution in [0, 0.1) is 22.7 Å². The van der Waals surface area contributed by atoms with Gasteiger partial charge in [0.2, 0.25) is 0 Å². The molecule has 0 radical (unpaired) electrons. The Morgan fingerprint density at radius 2 is 1.75 bits per heavy atom. The molecule has 0 bridgehead atoms. The fraction of sp³-hybridized carbons (Fsp3) is 0.429. The van der Waals surface area contributed by atoms with Gasteiger partial charge in [0.1, 0.15) is 6.07 Å². The Kier molecular flexibility index (Phi) is 5.74. The molecule has 2 nitrogen and oxygen atoms in total.